The average Bonchev–Trinajstić information content (AvgIpc) is 2.32. The molecule has 0 aliphatic rings. The summed E-state index contributed by atoms with van der Waals surface area (Å²) in [5.41, 5.74) is 0.573. The predicted molar refractivity (Wildman–Crippen MR) is 68.4 cm³/mol. The Bertz CT molecular complexity index is 522. The summed E-state index contributed by atoms with van der Waals surface area (Å²) in [7, 11) is 0. The number of thioether (sulfide) groups is 1. The molecule has 0 heterocycles. The van der Waals surface area contributed by atoms with E-state index in [0.29, 0.717) is 0 Å². The van der Waals surface area contributed by atoms with Crippen LogP contribution in [0.25, 0.3) is 0 Å². The fraction of sp³-hybridized carbons (Fsp3) is 0.300. The number of nitro groups is 1. The number of nitrogens with zero attached hydrogens (tertiary/aromatic N) is 1. The number of nitro benzene ring substituents is 1. The molecule has 10 heteroatoms. The molecule has 0 aliphatic heterocycles. The molecule has 0 fully saturated rings. The van der Waals surface area contributed by atoms with E-state index in [4.69, 9.17) is 5.73 Å². The molecule has 0 saturated heterocycles. The molecule has 0 bridgehead atoms. The van der Waals surface area contributed by atoms with Gasteiger partial charge >= 0.3 is 5.51 Å². The molecule has 1 aromatic rings. The normalized spacial score (nSPS) is 11.2. The number of nitrogens with one attached hydrogen (secondary N) is 1. The third-order valence-electron chi connectivity index (χ3n) is 2.14. The molecule has 3 N–H and O–H groups in total. The molecule has 6 nitrogen and oxygen atoms in total. The molecular formula is C10H10F3N3O3S. The fourth-order valence-electron chi connectivity index (χ4n) is 1.30. The number of anilines is 1. The van der Waals surface area contributed by atoms with Crippen LogP contribution in [0.15, 0.2) is 18.2 Å². The van der Waals surface area contributed by atoms with Crippen molar-refractivity contribution in [2.24, 2.45) is 0 Å². The number of benzene rings is 1. The van der Waals surface area contributed by atoms with Gasteiger partial charge in [0.05, 0.1) is 4.92 Å². The van der Waals surface area contributed by atoms with E-state index in [-0.39, 0.29) is 41.0 Å². The zero-order valence-corrected chi connectivity index (χ0v) is 10.8. The monoisotopic (exact) mass is 309 g/mol. The van der Waals surface area contributed by atoms with E-state index >= 15 is 0 Å². The summed E-state index contributed by atoms with van der Waals surface area (Å²) in [6.07, 6.45) is 0. The van der Waals surface area contributed by atoms with E-state index < -0.39 is 16.3 Å². The third-order valence-corrected chi connectivity index (χ3v) is 2.88. The van der Waals surface area contributed by atoms with Crippen LogP contribution in [-0.4, -0.2) is 28.6 Å². The number of amides is 1. The molecule has 0 unspecified atom stereocenters. The van der Waals surface area contributed by atoms with Crippen molar-refractivity contribution in [2.45, 2.75) is 5.51 Å². The topological polar surface area (TPSA) is 98.3 Å². The van der Waals surface area contributed by atoms with Crippen molar-refractivity contribution >= 4 is 29.0 Å². The number of halogens is 3. The highest BCUT2D eigenvalue weighted by molar-refractivity contribution is 8.00. The van der Waals surface area contributed by atoms with Gasteiger partial charge in [-0.15, -0.1) is 0 Å². The number of rotatable bonds is 5. The van der Waals surface area contributed by atoms with Gasteiger partial charge in [-0.1, -0.05) is 0 Å². The van der Waals surface area contributed by atoms with Crippen molar-refractivity contribution in [3.8, 4) is 0 Å². The number of nitrogen functional groups attached to an aromatic ring is 1. The molecule has 0 aromatic heterocycles. The smallest absolute Gasteiger partial charge is 0.393 e. The van der Waals surface area contributed by atoms with Crippen molar-refractivity contribution in [1.29, 1.82) is 0 Å². The van der Waals surface area contributed by atoms with Crippen molar-refractivity contribution in [3.05, 3.63) is 33.9 Å². The average molecular weight is 309 g/mol. The molecule has 0 atom stereocenters. The Balaban J connectivity index is 2.56. The Hall–Kier alpha value is -1.97. The zero-order valence-electron chi connectivity index (χ0n) is 9.94. The van der Waals surface area contributed by atoms with Crippen LogP contribution in [0.2, 0.25) is 0 Å². The largest absolute Gasteiger partial charge is 0.441 e. The van der Waals surface area contributed by atoms with E-state index in [0.717, 1.165) is 12.1 Å². The number of alkyl halides is 3. The van der Waals surface area contributed by atoms with Gasteiger partial charge in [-0.3, -0.25) is 14.9 Å². The Morgan fingerprint density at radius 2 is 2.10 bits per heavy atom. The molecule has 0 radical (unpaired) electrons. The van der Waals surface area contributed by atoms with Crippen LogP contribution in [0.3, 0.4) is 0 Å². The molecule has 1 amide bonds. The van der Waals surface area contributed by atoms with E-state index in [9.17, 15) is 28.1 Å². The first kappa shape index (κ1) is 16.1. The molecular weight excluding hydrogens is 299 g/mol. The van der Waals surface area contributed by atoms with Crippen LogP contribution in [0.5, 0.6) is 0 Å². The zero-order chi connectivity index (χ0) is 15.3. The van der Waals surface area contributed by atoms with Gasteiger partial charge in [0.1, 0.15) is 5.69 Å². The first-order valence-electron chi connectivity index (χ1n) is 5.23. The summed E-state index contributed by atoms with van der Waals surface area (Å²) in [5.74, 6) is -0.966. The Morgan fingerprint density at radius 1 is 1.45 bits per heavy atom. The van der Waals surface area contributed by atoms with Gasteiger partial charge in [-0.2, -0.15) is 13.2 Å². The summed E-state index contributed by atoms with van der Waals surface area (Å²) in [5, 5.41) is 12.8. The molecule has 20 heavy (non-hydrogen) atoms. The van der Waals surface area contributed by atoms with Crippen LogP contribution >= 0.6 is 11.8 Å². The first-order chi connectivity index (χ1) is 9.20. The van der Waals surface area contributed by atoms with Crippen LogP contribution in [0.1, 0.15) is 10.4 Å². The van der Waals surface area contributed by atoms with Gasteiger partial charge in [0.15, 0.2) is 0 Å². The van der Waals surface area contributed by atoms with Crippen molar-refractivity contribution in [3.63, 3.8) is 0 Å². The summed E-state index contributed by atoms with van der Waals surface area (Å²) in [4.78, 5) is 21.4. The lowest BCUT2D eigenvalue weighted by Crippen LogP contribution is -2.26. The van der Waals surface area contributed by atoms with E-state index in [2.05, 4.69) is 5.32 Å². The second-order valence-corrected chi connectivity index (χ2v) is 4.74. The van der Waals surface area contributed by atoms with Crippen LogP contribution < -0.4 is 11.1 Å². The summed E-state index contributed by atoms with van der Waals surface area (Å²) in [6, 6.07) is 3.35. The Morgan fingerprint density at radius 3 is 2.60 bits per heavy atom. The molecule has 0 aliphatic carbocycles. The fourth-order valence-corrected chi connectivity index (χ4v) is 1.73. The lowest BCUT2D eigenvalue weighted by Gasteiger charge is -2.07. The third kappa shape index (κ3) is 4.96. The highest BCUT2D eigenvalue weighted by Crippen LogP contribution is 2.29. The van der Waals surface area contributed by atoms with Gasteiger partial charge in [0.2, 0.25) is 0 Å². The molecule has 0 spiro atoms. The van der Waals surface area contributed by atoms with E-state index in [1.54, 1.807) is 0 Å². The Kier molecular flexibility index (Phi) is 5.19. The minimum absolute atomic E-state index is 0.0464. The number of carbonyl (C=O) groups is 1. The summed E-state index contributed by atoms with van der Waals surface area (Å²) in [6.45, 7) is -0.181. The molecule has 0 saturated carbocycles. The Labute approximate surface area is 115 Å². The maximum Gasteiger partial charge on any atom is 0.441 e. The second kappa shape index (κ2) is 6.46. The minimum atomic E-state index is -4.34. The van der Waals surface area contributed by atoms with Crippen molar-refractivity contribution in [1.82, 2.24) is 5.32 Å². The van der Waals surface area contributed by atoms with Gasteiger partial charge in [0.25, 0.3) is 11.6 Å². The molecule has 1 rings (SSSR count). The summed E-state index contributed by atoms with van der Waals surface area (Å²) >= 11 is -0.248. The number of carbonyl (C=O) groups excluding carboxylic acids is 1. The van der Waals surface area contributed by atoms with Gasteiger partial charge in [-0.25, -0.2) is 0 Å². The predicted octanol–water partition coefficient (Wildman–Crippen LogP) is 2.16. The minimum Gasteiger partial charge on any atom is -0.393 e. The highest BCUT2D eigenvalue weighted by Gasteiger charge is 2.27. The standard InChI is InChI=1S/C10H10F3N3O3S/c11-10(12,13)20-4-3-15-9(17)6-1-2-8(16(18)19)7(14)5-6/h1-2,5H,3-4,14H2,(H,15,17). The van der Waals surface area contributed by atoms with Crippen LogP contribution in [-0.2, 0) is 0 Å². The number of nitrogens with two attached hydrogens (primary N) is 1. The molecule has 1 aromatic carbocycles. The van der Waals surface area contributed by atoms with Crippen LogP contribution in [0.4, 0.5) is 24.5 Å². The summed E-state index contributed by atoms with van der Waals surface area (Å²) < 4.78 is 35.5. The lowest BCUT2D eigenvalue weighted by molar-refractivity contribution is -0.383. The maximum absolute atomic E-state index is 11.8. The second-order valence-electron chi connectivity index (χ2n) is 3.58. The SMILES string of the molecule is Nc1cc(C(=O)NCCSC(F)(F)F)ccc1[N+](=O)[O-]. The number of hydrogen-bond donors (Lipinski definition) is 2. The quantitative estimate of drug-likeness (QED) is 0.376. The first-order valence-corrected chi connectivity index (χ1v) is 6.22. The van der Waals surface area contributed by atoms with Crippen molar-refractivity contribution < 1.29 is 22.9 Å². The number of hydrogen-bond acceptors (Lipinski definition) is 5. The van der Waals surface area contributed by atoms with E-state index in [1.165, 1.54) is 6.07 Å². The van der Waals surface area contributed by atoms with Crippen molar-refractivity contribution in [2.75, 3.05) is 18.0 Å². The van der Waals surface area contributed by atoms with Gasteiger partial charge in [-0.05, 0) is 23.9 Å². The van der Waals surface area contributed by atoms with Gasteiger partial charge in [0, 0.05) is 23.9 Å². The lowest BCUT2D eigenvalue weighted by atomic mass is 10.1. The van der Waals surface area contributed by atoms with Gasteiger partial charge < -0.3 is 11.1 Å². The maximum atomic E-state index is 11.8. The van der Waals surface area contributed by atoms with Crippen LogP contribution in [0, 0.1) is 10.1 Å². The van der Waals surface area contributed by atoms with E-state index in [1.807, 2.05) is 0 Å². The molecule has 110 valence electrons. The highest BCUT2D eigenvalue weighted by atomic mass is 32.2.